The number of rotatable bonds is 6. The minimum Gasteiger partial charge on any atom is -0.461 e. The van der Waals surface area contributed by atoms with Crippen molar-refractivity contribution in [2.24, 2.45) is 23.5 Å². The van der Waals surface area contributed by atoms with Crippen molar-refractivity contribution in [3.05, 3.63) is 66.4 Å². The summed E-state index contributed by atoms with van der Waals surface area (Å²) in [4.78, 5) is 56.0. The summed E-state index contributed by atoms with van der Waals surface area (Å²) in [5.41, 5.74) is 6.03. The van der Waals surface area contributed by atoms with E-state index in [1.54, 1.807) is 28.2 Å². The van der Waals surface area contributed by atoms with Gasteiger partial charge in [0, 0.05) is 49.6 Å². The van der Waals surface area contributed by atoms with E-state index >= 15 is 0 Å². The van der Waals surface area contributed by atoms with Gasteiger partial charge in [-0.05, 0) is 56.7 Å². The monoisotopic (exact) mass is 624 g/mol. The van der Waals surface area contributed by atoms with Gasteiger partial charge in [-0.3, -0.25) is 19.4 Å². The molecule has 0 bridgehead atoms. The third kappa shape index (κ3) is 6.32. The van der Waals surface area contributed by atoms with Crippen molar-refractivity contribution in [3.63, 3.8) is 0 Å². The zero-order valence-electron chi connectivity index (χ0n) is 26.0. The molecule has 239 valence electrons. The number of primary amides is 1. The number of ether oxygens (including phenoxy) is 2. The Morgan fingerprint density at radius 3 is 2.59 bits per heavy atom. The fourth-order valence-electron chi connectivity index (χ4n) is 6.69. The summed E-state index contributed by atoms with van der Waals surface area (Å²) < 4.78 is 11.8. The molecule has 2 saturated carbocycles. The second-order valence-electron chi connectivity index (χ2n) is 12.4. The zero-order valence-corrected chi connectivity index (χ0v) is 26.0. The van der Waals surface area contributed by atoms with Crippen molar-refractivity contribution in [1.82, 2.24) is 20.3 Å². The topological polar surface area (TPSA) is 144 Å². The Kier molecular flexibility index (Phi) is 8.77. The number of hydrogen-bond acceptors (Lipinski definition) is 8. The normalized spacial score (nSPS) is 26.3. The van der Waals surface area contributed by atoms with E-state index in [9.17, 15) is 19.2 Å². The average molecular weight is 625 g/mol. The quantitative estimate of drug-likeness (QED) is 0.408. The number of amides is 3. The van der Waals surface area contributed by atoms with Crippen molar-refractivity contribution in [2.75, 3.05) is 20.6 Å². The number of hydrogen-bond donors (Lipinski definition) is 2. The molecule has 1 radical (unpaired) electrons. The largest absolute Gasteiger partial charge is 0.461 e. The average Bonchev–Trinajstić information content (AvgIpc) is 3.51. The summed E-state index contributed by atoms with van der Waals surface area (Å²) in [6, 6.07) is 16.4. The number of aromatic nitrogens is 1. The predicted molar refractivity (Wildman–Crippen MR) is 171 cm³/mol. The Hall–Kier alpha value is -4.77. The molecular formula is C35H38N5O6. The van der Waals surface area contributed by atoms with E-state index in [-0.39, 0.29) is 17.6 Å². The highest BCUT2D eigenvalue weighted by Crippen LogP contribution is 2.49. The molecule has 3 N–H and O–H groups in total. The van der Waals surface area contributed by atoms with E-state index in [2.05, 4.69) is 11.6 Å². The highest BCUT2D eigenvalue weighted by Gasteiger charge is 2.60. The molecule has 11 nitrogen and oxygen atoms in total. The second-order valence-corrected chi connectivity index (χ2v) is 12.4. The Morgan fingerprint density at radius 2 is 1.85 bits per heavy atom. The minimum absolute atomic E-state index is 0.0427. The maximum atomic E-state index is 13.7. The van der Waals surface area contributed by atoms with E-state index < -0.39 is 29.4 Å². The van der Waals surface area contributed by atoms with Crippen molar-refractivity contribution in [2.45, 2.75) is 50.5 Å². The number of fused-ring (bicyclic) bond motifs is 3. The molecule has 6 rings (SSSR count). The van der Waals surface area contributed by atoms with Crippen LogP contribution in [0.5, 0.6) is 11.5 Å². The number of hydrazine groups is 1. The first kappa shape index (κ1) is 31.2. The lowest BCUT2D eigenvalue weighted by Gasteiger charge is -2.33. The fourth-order valence-corrected chi connectivity index (χ4v) is 6.69. The molecule has 2 heterocycles. The summed E-state index contributed by atoms with van der Waals surface area (Å²) in [6.45, 7) is 0.543. The number of nitrogens with two attached hydrogens (primary N) is 1. The van der Waals surface area contributed by atoms with E-state index in [1.165, 1.54) is 0 Å². The number of nitrogens with zero attached hydrogens (tertiary/aromatic N) is 3. The van der Waals surface area contributed by atoms with Gasteiger partial charge in [-0.25, -0.2) is 14.8 Å². The van der Waals surface area contributed by atoms with Gasteiger partial charge >= 0.3 is 6.09 Å². The Bertz CT molecular complexity index is 1690. The predicted octanol–water partition coefficient (Wildman–Crippen LogP) is 4.51. The molecule has 1 aromatic heterocycles. The number of pyridine rings is 1. The lowest BCUT2D eigenvalue weighted by Crippen LogP contribution is -2.50. The van der Waals surface area contributed by atoms with Gasteiger partial charge in [0.15, 0.2) is 0 Å². The van der Waals surface area contributed by atoms with Gasteiger partial charge in [-0.1, -0.05) is 36.8 Å². The zero-order chi connectivity index (χ0) is 32.4. The van der Waals surface area contributed by atoms with E-state index in [4.69, 9.17) is 20.2 Å². The molecule has 4 unspecified atom stereocenters. The Balaban J connectivity index is 1.37. The van der Waals surface area contributed by atoms with Crippen LogP contribution in [-0.4, -0.2) is 65.4 Å². The number of carbonyl (C=O) groups is 3. The molecule has 2 aromatic carbocycles. The highest BCUT2D eigenvalue weighted by molar-refractivity contribution is 5.92. The molecule has 0 spiro atoms. The lowest BCUT2D eigenvalue weighted by atomic mass is 9.93. The van der Waals surface area contributed by atoms with Crippen LogP contribution in [0, 0.1) is 17.8 Å². The van der Waals surface area contributed by atoms with Gasteiger partial charge in [0.1, 0.15) is 22.8 Å². The van der Waals surface area contributed by atoms with Crippen LogP contribution >= 0.6 is 0 Å². The molecule has 3 amide bonds. The smallest absolute Gasteiger partial charge is 0.409 e. The molecule has 46 heavy (non-hydrogen) atoms. The maximum absolute atomic E-state index is 13.7. The fraction of sp³-hybridized carbons (Fsp3) is 0.400. The number of allylic oxidation sites excluding steroid dienone is 1. The summed E-state index contributed by atoms with van der Waals surface area (Å²) in [5.74, 6) is -0.387. The Labute approximate surface area is 267 Å². The van der Waals surface area contributed by atoms with E-state index in [0.717, 1.165) is 24.8 Å². The second kappa shape index (κ2) is 12.9. The van der Waals surface area contributed by atoms with Crippen LogP contribution in [0.4, 0.5) is 4.79 Å². The van der Waals surface area contributed by atoms with Gasteiger partial charge in [0.2, 0.25) is 18.1 Å². The molecule has 2 fully saturated rings. The number of benzene rings is 2. The third-order valence-electron chi connectivity index (χ3n) is 9.17. The van der Waals surface area contributed by atoms with Crippen LogP contribution < -0.4 is 20.5 Å². The van der Waals surface area contributed by atoms with Gasteiger partial charge < -0.3 is 20.5 Å². The van der Waals surface area contributed by atoms with Gasteiger partial charge in [-0.15, -0.1) is 0 Å². The summed E-state index contributed by atoms with van der Waals surface area (Å²) in [7, 11) is 3.68. The lowest BCUT2D eigenvalue weighted by molar-refractivity contribution is -0.153. The number of nitrogens with one attached hydrogen (secondary N) is 1. The highest BCUT2D eigenvalue weighted by atomic mass is 16.5. The first-order chi connectivity index (χ1) is 22.2. The van der Waals surface area contributed by atoms with Crippen LogP contribution in [0.25, 0.3) is 22.2 Å². The summed E-state index contributed by atoms with van der Waals surface area (Å²) in [6.07, 6.45) is 7.69. The molecule has 3 aromatic rings. The first-order valence-electron chi connectivity index (χ1n) is 15.7. The van der Waals surface area contributed by atoms with Crippen LogP contribution in [0.1, 0.15) is 44.9 Å². The SMILES string of the molecule is CN(C)N1CCCC/C=C(\Oc2cc(-c3ccccc3)nc3cc(OC(N)=O)ccc23)C2CC2([C]=O)NC(=O)C2CCCC2C1=O. The molecule has 2 aliphatic carbocycles. The van der Waals surface area contributed by atoms with Gasteiger partial charge in [0.05, 0.1) is 23.0 Å². The van der Waals surface area contributed by atoms with E-state index in [0.29, 0.717) is 60.3 Å². The van der Waals surface area contributed by atoms with Crippen molar-refractivity contribution < 1.29 is 28.7 Å². The molecule has 3 aliphatic rings. The van der Waals surface area contributed by atoms with Crippen LogP contribution in [-0.2, 0) is 14.4 Å². The van der Waals surface area contributed by atoms with Crippen LogP contribution in [0.2, 0.25) is 0 Å². The minimum atomic E-state index is -1.24. The van der Waals surface area contributed by atoms with Crippen LogP contribution in [0.15, 0.2) is 66.4 Å². The third-order valence-corrected chi connectivity index (χ3v) is 9.17. The first-order valence-corrected chi connectivity index (χ1v) is 15.7. The van der Waals surface area contributed by atoms with Crippen molar-refractivity contribution in [1.29, 1.82) is 0 Å². The van der Waals surface area contributed by atoms with Gasteiger partial charge in [0.25, 0.3) is 0 Å². The van der Waals surface area contributed by atoms with Gasteiger partial charge in [-0.2, -0.15) is 0 Å². The summed E-state index contributed by atoms with van der Waals surface area (Å²) >= 11 is 0. The molecule has 0 saturated heterocycles. The van der Waals surface area contributed by atoms with Crippen molar-refractivity contribution in [3.8, 4) is 22.8 Å². The Morgan fingerprint density at radius 1 is 1.07 bits per heavy atom. The molecule has 1 aliphatic heterocycles. The van der Waals surface area contributed by atoms with Crippen molar-refractivity contribution >= 4 is 35.1 Å². The standard InChI is InChI=1S/C35H38N5O6/c1-39(2)40-17-8-4-7-14-30(27-20-35(27,21-41)38-32(42)24-12-9-13-25(24)33(40)43)46-31-19-28(22-10-5-3-6-11-22)37-29-18-23(45-34(36)44)15-16-26(29)31/h3,5-6,10-11,14-16,18-19,24-25,27H,4,7-9,12-13,17,20H2,1-2H3,(H2,36,44)(H,38,42)/b30-14-. The molecule has 4 atom stereocenters. The maximum Gasteiger partial charge on any atom is 0.409 e. The molecule has 11 heteroatoms. The van der Waals surface area contributed by atoms with Crippen LogP contribution in [0.3, 0.4) is 0 Å². The van der Waals surface area contributed by atoms with E-state index in [1.807, 2.05) is 56.6 Å². The molecular weight excluding hydrogens is 586 g/mol. The summed E-state index contributed by atoms with van der Waals surface area (Å²) in [5, 5.41) is 7.17. The number of carbonyl (C=O) groups excluding carboxylic acids is 4.